The average Bonchev–Trinajstić information content (AvgIpc) is 2.46. The van der Waals surface area contributed by atoms with Gasteiger partial charge in [-0.05, 0) is 32.5 Å². The molecule has 112 valence electrons. The highest BCUT2D eigenvalue weighted by Gasteiger charge is 2.14. The molecule has 0 aromatic carbocycles. The number of hydrogen-bond acceptors (Lipinski definition) is 4. The van der Waals surface area contributed by atoms with Crippen LogP contribution in [0.15, 0.2) is 0 Å². The molecule has 0 bridgehead atoms. The maximum atomic E-state index is 11.5. The lowest BCUT2D eigenvalue weighted by atomic mass is 10.3. The van der Waals surface area contributed by atoms with Gasteiger partial charge in [0.1, 0.15) is 0 Å². The van der Waals surface area contributed by atoms with Crippen molar-refractivity contribution >= 4 is 34.8 Å². The normalized spacial score (nSPS) is 17.7. The van der Waals surface area contributed by atoms with Crippen LogP contribution in [-0.4, -0.2) is 70.2 Å². The van der Waals surface area contributed by atoms with Crippen LogP contribution in [0.25, 0.3) is 0 Å². The maximum absolute atomic E-state index is 11.5. The Morgan fingerprint density at radius 2 is 1.83 bits per heavy atom. The Kier molecular flexibility index (Phi) is 11.8. The number of nitrogens with one attached hydrogen (secondary N) is 1. The molecule has 1 rings (SSSR count). The molecule has 1 saturated heterocycles. The van der Waals surface area contributed by atoms with Gasteiger partial charge in [-0.2, -0.15) is 0 Å². The van der Waals surface area contributed by atoms with E-state index in [4.69, 9.17) is 0 Å². The molecule has 0 aromatic heterocycles. The Bertz CT molecular complexity index is 291. The lowest BCUT2D eigenvalue weighted by Gasteiger charge is -2.19. The number of hydrogen-bond donors (Lipinski definition) is 1. The summed E-state index contributed by atoms with van der Waals surface area (Å²) in [6.07, 6.45) is 1.88. The molecule has 0 aromatic rings. The Morgan fingerprint density at radius 3 is 2.44 bits per heavy atom. The van der Waals surface area contributed by atoms with Crippen LogP contribution in [0.2, 0.25) is 0 Å². The Morgan fingerprint density at radius 1 is 1.17 bits per heavy atom. The molecule has 0 aliphatic carbocycles. The van der Waals surface area contributed by atoms with Gasteiger partial charge >= 0.3 is 0 Å². The zero-order valence-corrected chi connectivity index (χ0v) is 13.5. The second kappa shape index (κ2) is 10.2. The largest absolute Gasteiger partial charge is 0.315 e. The van der Waals surface area contributed by atoms with E-state index in [9.17, 15) is 8.42 Å². The van der Waals surface area contributed by atoms with Gasteiger partial charge in [0.2, 0.25) is 10.0 Å². The van der Waals surface area contributed by atoms with E-state index in [0.29, 0.717) is 0 Å². The third kappa shape index (κ3) is 7.76. The second-order valence-electron chi connectivity index (χ2n) is 4.40. The van der Waals surface area contributed by atoms with Gasteiger partial charge in [-0.15, -0.1) is 24.8 Å². The lowest BCUT2D eigenvalue weighted by molar-refractivity contribution is 0.293. The first kappa shape index (κ1) is 20.7. The van der Waals surface area contributed by atoms with Crippen molar-refractivity contribution in [2.45, 2.75) is 12.8 Å². The van der Waals surface area contributed by atoms with Gasteiger partial charge in [-0.1, -0.05) is 0 Å². The fourth-order valence-corrected chi connectivity index (χ4v) is 2.64. The summed E-state index contributed by atoms with van der Waals surface area (Å²) in [6.45, 7) is 5.08. The zero-order valence-electron chi connectivity index (χ0n) is 11.1. The van der Waals surface area contributed by atoms with Crippen LogP contribution in [0.3, 0.4) is 0 Å². The summed E-state index contributed by atoms with van der Waals surface area (Å²) < 4.78 is 24.4. The van der Waals surface area contributed by atoms with Crippen LogP contribution in [-0.2, 0) is 10.0 Å². The summed E-state index contributed by atoms with van der Waals surface area (Å²) in [5, 5.41) is 3.33. The smallest absolute Gasteiger partial charge is 0.213 e. The first-order chi connectivity index (χ1) is 7.52. The van der Waals surface area contributed by atoms with Crippen LogP contribution >= 0.6 is 24.8 Å². The number of halogens is 2. The van der Waals surface area contributed by atoms with Crippen molar-refractivity contribution in [1.82, 2.24) is 14.5 Å². The van der Waals surface area contributed by atoms with Gasteiger partial charge in [-0.25, -0.2) is 12.7 Å². The molecule has 0 unspecified atom stereocenters. The predicted octanol–water partition coefficient (Wildman–Crippen LogP) is 0.407. The first-order valence-corrected chi connectivity index (χ1v) is 7.46. The van der Waals surface area contributed by atoms with Crippen molar-refractivity contribution < 1.29 is 8.42 Å². The second-order valence-corrected chi connectivity index (χ2v) is 6.70. The molecular formula is C10H25Cl2N3O2S. The summed E-state index contributed by atoms with van der Waals surface area (Å²) >= 11 is 0. The van der Waals surface area contributed by atoms with Gasteiger partial charge < -0.3 is 10.2 Å². The van der Waals surface area contributed by atoms with E-state index >= 15 is 0 Å². The minimum absolute atomic E-state index is 0. The van der Waals surface area contributed by atoms with E-state index in [0.717, 1.165) is 45.6 Å². The molecule has 1 N–H and O–H groups in total. The number of rotatable bonds is 5. The van der Waals surface area contributed by atoms with Crippen LogP contribution in [0.5, 0.6) is 0 Å². The molecule has 0 radical (unpaired) electrons. The molecule has 0 saturated carbocycles. The average molecular weight is 322 g/mol. The Balaban J connectivity index is 0. The molecule has 1 aliphatic heterocycles. The fraction of sp³-hybridized carbons (Fsp3) is 1.00. The van der Waals surface area contributed by atoms with E-state index in [2.05, 4.69) is 10.2 Å². The fourth-order valence-electron chi connectivity index (χ4n) is 1.78. The first-order valence-electron chi connectivity index (χ1n) is 5.85. The Labute approximate surface area is 123 Å². The SMILES string of the molecule is CN(C)S(=O)(=O)CCCN1CCCNCC1.Cl.Cl. The van der Waals surface area contributed by atoms with Crippen molar-refractivity contribution in [2.75, 3.05) is 52.6 Å². The monoisotopic (exact) mass is 321 g/mol. The zero-order chi connectivity index (χ0) is 12.0. The topological polar surface area (TPSA) is 52.7 Å². The summed E-state index contributed by atoms with van der Waals surface area (Å²) in [7, 11) is 0.160. The van der Waals surface area contributed by atoms with Crippen LogP contribution in [0.1, 0.15) is 12.8 Å². The van der Waals surface area contributed by atoms with E-state index in [-0.39, 0.29) is 30.6 Å². The van der Waals surface area contributed by atoms with E-state index < -0.39 is 10.0 Å². The summed E-state index contributed by atoms with van der Waals surface area (Å²) in [5.74, 6) is 0.254. The quantitative estimate of drug-likeness (QED) is 0.796. The van der Waals surface area contributed by atoms with Crippen molar-refractivity contribution in [3.8, 4) is 0 Å². The minimum Gasteiger partial charge on any atom is -0.315 e. The van der Waals surface area contributed by atoms with Crippen LogP contribution < -0.4 is 5.32 Å². The molecule has 1 heterocycles. The van der Waals surface area contributed by atoms with E-state index in [1.54, 1.807) is 14.1 Å². The van der Waals surface area contributed by atoms with Crippen LogP contribution in [0.4, 0.5) is 0 Å². The van der Waals surface area contributed by atoms with Gasteiger partial charge in [0, 0.05) is 27.2 Å². The molecule has 18 heavy (non-hydrogen) atoms. The summed E-state index contributed by atoms with van der Waals surface area (Å²) in [6, 6.07) is 0. The minimum atomic E-state index is -3.02. The highest BCUT2D eigenvalue weighted by Crippen LogP contribution is 2.01. The van der Waals surface area contributed by atoms with Gasteiger partial charge in [0.05, 0.1) is 5.75 Å². The van der Waals surface area contributed by atoms with Gasteiger partial charge in [0.15, 0.2) is 0 Å². The Hall–Kier alpha value is 0.410. The molecule has 1 fully saturated rings. The van der Waals surface area contributed by atoms with E-state index in [1.165, 1.54) is 4.31 Å². The maximum Gasteiger partial charge on any atom is 0.213 e. The van der Waals surface area contributed by atoms with Gasteiger partial charge in [-0.3, -0.25) is 0 Å². The number of sulfonamides is 1. The summed E-state index contributed by atoms with van der Waals surface area (Å²) in [4.78, 5) is 2.34. The summed E-state index contributed by atoms with van der Waals surface area (Å²) in [5.41, 5.74) is 0. The molecule has 8 heteroatoms. The molecule has 5 nitrogen and oxygen atoms in total. The third-order valence-electron chi connectivity index (χ3n) is 2.87. The molecule has 0 atom stereocenters. The van der Waals surface area contributed by atoms with E-state index in [1.807, 2.05) is 0 Å². The highest BCUT2D eigenvalue weighted by atomic mass is 35.5. The highest BCUT2D eigenvalue weighted by molar-refractivity contribution is 7.89. The molecule has 0 spiro atoms. The van der Waals surface area contributed by atoms with Crippen molar-refractivity contribution in [2.24, 2.45) is 0 Å². The molecule has 0 amide bonds. The standard InChI is InChI=1S/C10H23N3O2S.2ClH/c1-12(2)16(14,15)10-4-8-13-7-3-5-11-6-9-13;;/h11H,3-10H2,1-2H3;2*1H. The molecular weight excluding hydrogens is 297 g/mol. The lowest BCUT2D eigenvalue weighted by Crippen LogP contribution is -2.32. The van der Waals surface area contributed by atoms with Crippen molar-refractivity contribution in [3.63, 3.8) is 0 Å². The molecule has 1 aliphatic rings. The van der Waals surface area contributed by atoms with Crippen molar-refractivity contribution in [3.05, 3.63) is 0 Å². The van der Waals surface area contributed by atoms with Crippen LogP contribution in [0, 0.1) is 0 Å². The van der Waals surface area contributed by atoms with Crippen molar-refractivity contribution in [1.29, 1.82) is 0 Å². The predicted molar refractivity (Wildman–Crippen MR) is 80.5 cm³/mol. The van der Waals surface area contributed by atoms with Gasteiger partial charge in [0.25, 0.3) is 0 Å². The third-order valence-corrected chi connectivity index (χ3v) is 4.78. The number of nitrogens with zero attached hydrogens (tertiary/aromatic N) is 2.